The second-order valence-electron chi connectivity index (χ2n) is 5.84. The van der Waals surface area contributed by atoms with Crippen molar-refractivity contribution < 1.29 is 9.59 Å². The van der Waals surface area contributed by atoms with Gasteiger partial charge in [-0.25, -0.2) is 0 Å². The fourth-order valence-corrected chi connectivity index (χ4v) is 3.08. The number of para-hydroxylation sites is 1. The molecule has 3 rings (SSSR count). The Morgan fingerprint density at radius 3 is 2.68 bits per heavy atom. The SMILES string of the molecule is CCN(C(=O)/C=C/c1ccccn1)[C@H]1CCN(c2ccccc2)C1=O. The smallest absolute Gasteiger partial charge is 0.249 e. The van der Waals surface area contributed by atoms with Crippen molar-refractivity contribution >= 4 is 23.6 Å². The molecule has 128 valence electrons. The number of hydrogen-bond acceptors (Lipinski definition) is 3. The Balaban J connectivity index is 1.72. The van der Waals surface area contributed by atoms with E-state index in [0.29, 0.717) is 19.5 Å². The predicted molar refractivity (Wildman–Crippen MR) is 97.9 cm³/mol. The van der Waals surface area contributed by atoms with Gasteiger partial charge in [-0.15, -0.1) is 0 Å². The number of nitrogens with zero attached hydrogens (tertiary/aromatic N) is 3. The van der Waals surface area contributed by atoms with E-state index < -0.39 is 6.04 Å². The normalized spacial score (nSPS) is 17.2. The minimum atomic E-state index is -0.411. The van der Waals surface area contributed by atoms with E-state index in [-0.39, 0.29) is 11.8 Å². The van der Waals surface area contributed by atoms with Gasteiger partial charge in [0.2, 0.25) is 11.8 Å². The fourth-order valence-electron chi connectivity index (χ4n) is 3.08. The van der Waals surface area contributed by atoms with E-state index in [0.717, 1.165) is 11.4 Å². The van der Waals surface area contributed by atoms with Crippen molar-refractivity contribution in [2.75, 3.05) is 18.0 Å². The number of pyridine rings is 1. The van der Waals surface area contributed by atoms with Crippen LogP contribution in [0.15, 0.2) is 60.8 Å². The van der Waals surface area contributed by atoms with Crippen LogP contribution in [0.3, 0.4) is 0 Å². The maximum Gasteiger partial charge on any atom is 0.249 e. The van der Waals surface area contributed by atoms with Crippen LogP contribution in [0.1, 0.15) is 19.0 Å². The largest absolute Gasteiger partial charge is 0.327 e. The molecule has 0 unspecified atom stereocenters. The van der Waals surface area contributed by atoms with Crippen molar-refractivity contribution in [2.24, 2.45) is 0 Å². The van der Waals surface area contributed by atoms with E-state index in [1.807, 2.05) is 55.5 Å². The Hall–Kier alpha value is -2.95. The molecule has 0 bridgehead atoms. The highest BCUT2D eigenvalue weighted by Crippen LogP contribution is 2.24. The number of rotatable bonds is 5. The molecule has 5 nitrogen and oxygen atoms in total. The topological polar surface area (TPSA) is 53.5 Å². The molecule has 0 spiro atoms. The quantitative estimate of drug-likeness (QED) is 0.790. The Labute approximate surface area is 147 Å². The number of hydrogen-bond donors (Lipinski definition) is 0. The number of likely N-dealkylation sites (N-methyl/N-ethyl adjacent to an activating group) is 1. The lowest BCUT2D eigenvalue weighted by Crippen LogP contribution is -2.44. The standard InChI is InChI=1S/C20H21N3O2/c1-2-22(19(24)12-11-16-8-6-7-14-21-16)18-13-15-23(20(18)25)17-9-4-3-5-10-17/h3-12,14,18H,2,13,15H2,1H3/b12-11+/t18-/m0/s1. The summed E-state index contributed by atoms with van der Waals surface area (Å²) in [6, 6.07) is 14.7. The lowest BCUT2D eigenvalue weighted by atomic mass is 10.2. The van der Waals surface area contributed by atoms with Gasteiger partial charge >= 0.3 is 0 Å². The van der Waals surface area contributed by atoms with Gasteiger partial charge in [-0.2, -0.15) is 0 Å². The van der Waals surface area contributed by atoms with Gasteiger partial charge in [0.05, 0.1) is 5.69 Å². The van der Waals surface area contributed by atoms with Gasteiger partial charge in [-0.05, 0) is 43.7 Å². The maximum absolute atomic E-state index is 12.8. The Morgan fingerprint density at radius 1 is 1.24 bits per heavy atom. The molecule has 0 aliphatic carbocycles. The number of aromatic nitrogens is 1. The number of anilines is 1. The molecule has 1 aromatic carbocycles. The van der Waals surface area contributed by atoms with Crippen LogP contribution in [0.25, 0.3) is 6.08 Å². The highest BCUT2D eigenvalue weighted by molar-refractivity contribution is 6.03. The summed E-state index contributed by atoms with van der Waals surface area (Å²) < 4.78 is 0. The summed E-state index contributed by atoms with van der Waals surface area (Å²) in [5.41, 5.74) is 1.60. The van der Waals surface area contributed by atoms with Crippen molar-refractivity contribution in [2.45, 2.75) is 19.4 Å². The summed E-state index contributed by atoms with van der Waals surface area (Å²) in [6.07, 6.45) is 5.49. The number of benzene rings is 1. The molecule has 1 fully saturated rings. The molecule has 5 heteroatoms. The first-order valence-electron chi connectivity index (χ1n) is 8.47. The van der Waals surface area contributed by atoms with Gasteiger partial charge in [0.15, 0.2) is 0 Å². The molecular formula is C20H21N3O2. The third-order valence-corrected chi connectivity index (χ3v) is 4.33. The lowest BCUT2D eigenvalue weighted by Gasteiger charge is -2.25. The van der Waals surface area contributed by atoms with Crippen LogP contribution < -0.4 is 4.90 Å². The summed E-state index contributed by atoms with van der Waals surface area (Å²) in [6.45, 7) is 3.01. The first-order valence-corrected chi connectivity index (χ1v) is 8.47. The molecule has 0 saturated carbocycles. The zero-order valence-corrected chi connectivity index (χ0v) is 14.2. The molecule has 2 amide bonds. The molecule has 1 aromatic heterocycles. The molecule has 2 heterocycles. The number of carbonyl (C=O) groups excluding carboxylic acids is 2. The second kappa shape index (κ2) is 7.75. The van der Waals surface area contributed by atoms with E-state index in [2.05, 4.69) is 4.98 Å². The van der Waals surface area contributed by atoms with Crippen molar-refractivity contribution in [3.05, 3.63) is 66.5 Å². The first-order chi connectivity index (χ1) is 12.2. The minimum absolute atomic E-state index is 0.0207. The molecule has 1 aliphatic heterocycles. The maximum atomic E-state index is 12.8. The van der Waals surface area contributed by atoms with Gasteiger partial charge in [-0.1, -0.05) is 24.3 Å². The Kier molecular flexibility index (Phi) is 5.23. The summed E-state index contributed by atoms with van der Waals surface area (Å²) >= 11 is 0. The first kappa shape index (κ1) is 16.9. The molecule has 1 atom stereocenters. The number of amides is 2. The summed E-state index contributed by atoms with van der Waals surface area (Å²) in [5, 5.41) is 0. The van der Waals surface area contributed by atoms with Crippen LogP contribution in [-0.4, -0.2) is 40.8 Å². The molecule has 0 radical (unpaired) electrons. The lowest BCUT2D eigenvalue weighted by molar-refractivity contribution is -0.134. The zero-order valence-electron chi connectivity index (χ0n) is 14.2. The van der Waals surface area contributed by atoms with E-state index in [4.69, 9.17) is 0 Å². The van der Waals surface area contributed by atoms with Gasteiger partial charge in [0.25, 0.3) is 0 Å². The van der Waals surface area contributed by atoms with E-state index in [1.165, 1.54) is 6.08 Å². The van der Waals surface area contributed by atoms with E-state index in [1.54, 1.807) is 22.1 Å². The van der Waals surface area contributed by atoms with Crippen molar-refractivity contribution in [3.8, 4) is 0 Å². The Morgan fingerprint density at radius 2 is 2.00 bits per heavy atom. The predicted octanol–water partition coefficient (Wildman–Crippen LogP) is 2.75. The highest BCUT2D eigenvalue weighted by Gasteiger charge is 2.37. The monoisotopic (exact) mass is 335 g/mol. The molecular weight excluding hydrogens is 314 g/mol. The average Bonchev–Trinajstić information content (AvgIpc) is 3.04. The zero-order chi connectivity index (χ0) is 17.6. The number of carbonyl (C=O) groups is 2. The molecule has 1 saturated heterocycles. The van der Waals surface area contributed by atoms with Gasteiger partial charge in [0, 0.05) is 31.0 Å². The molecule has 0 N–H and O–H groups in total. The third kappa shape index (κ3) is 3.76. The van der Waals surface area contributed by atoms with E-state index >= 15 is 0 Å². The van der Waals surface area contributed by atoms with Crippen LogP contribution in [0, 0.1) is 0 Å². The fraction of sp³-hybridized carbons (Fsp3) is 0.250. The molecule has 1 aliphatic rings. The summed E-state index contributed by atoms with van der Waals surface area (Å²) in [4.78, 5) is 32.9. The highest BCUT2D eigenvalue weighted by atomic mass is 16.2. The van der Waals surface area contributed by atoms with Crippen molar-refractivity contribution in [1.29, 1.82) is 0 Å². The van der Waals surface area contributed by atoms with Gasteiger partial charge < -0.3 is 9.80 Å². The van der Waals surface area contributed by atoms with Crippen LogP contribution >= 0.6 is 0 Å². The minimum Gasteiger partial charge on any atom is -0.327 e. The van der Waals surface area contributed by atoms with Crippen molar-refractivity contribution in [3.63, 3.8) is 0 Å². The van der Waals surface area contributed by atoms with Gasteiger partial charge in [0.1, 0.15) is 6.04 Å². The van der Waals surface area contributed by atoms with E-state index in [9.17, 15) is 9.59 Å². The summed E-state index contributed by atoms with van der Waals surface area (Å²) in [5.74, 6) is -0.186. The van der Waals surface area contributed by atoms with Crippen LogP contribution in [-0.2, 0) is 9.59 Å². The Bertz CT molecular complexity index is 759. The van der Waals surface area contributed by atoms with Crippen LogP contribution in [0.2, 0.25) is 0 Å². The summed E-state index contributed by atoms with van der Waals surface area (Å²) in [7, 11) is 0. The molecule has 2 aromatic rings. The third-order valence-electron chi connectivity index (χ3n) is 4.33. The van der Waals surface area contributed by atoms with Crippen LogP contribution in [0.4, 0.5) is 5.69 Å². The van der Waals surface area contributed by atoms with Crippen LogP contribution in [0.5, 0.6) is 0 Å². The van der Waals surface area contributed by atoms with Gasteiger partial charge in [-0.3, -0.25) is 14.6 Å². The second-order valence-corrected chi connectivity index (χ2v) is 5.84. The molecule has 25 heavy (non-hydrogen) atoms. The van der Waals surface area contributed by atoms with Crippen molar-refractivity contribution in [1.82, 2.24) is 9.88 Å². The average molecular weight is 335 g/mol.